The second kappa shape index (κ2) is 26.0. The number of halogens is 6. The maximum Gasteiger partial charge on any atom is 3.00 e. The van der Waals surface area contributed by atoms with Crippen molar-refractivity contribution in [2.24, 2.45) is 0 Å². The molecule has 0 N–H and O–H groups in total. The van der Waals surface area contributed by atoms with Crippen LogP contribution in [0.4, 0.5) is 0 Å². The zero-order valence-electron chi connectivity index (χ0n) is 20.5. The van der Waals surface area contributed by atoms with Crippen molar-refractivity contribution in [1.82, 2.24) is 0 Å². The Bertz CT molecular complexity index is 988. The van der Waals surface area contributed by atoms with Crippen LogP contribution in [-0.4, -0.2) is 71.2 Å². The summed E-state index contributed by atoms with van der Waals surface area (Å²) in [5.74, 6) is 0. The van der Waals surface area contributed by atoms with Crippen LogP contribution in [0, 0.1) is 0 Å². The average Bonchev–Trinajstić information content (AvgIpc) is 2.84. The van der Waals surface area contributed by atoms with Gasteiger partial charge in [0, 0.05) is 14.7 Å². The van der Waals surface area contributed by atoms with Gasteiger partial charge in [-0.3, -0.25) is 0 Å². The molecule has 0 nitrogen and oxygen atoms in total. The van der Waals surface area contributed by atoms with Crippen LogP contribution in [0.1, 0.15) is 0 Å². The first-order valence-corrected chi connectivity index (χ1v) is 13.5. The van der Waals surface area contributed by atoms with Gasteiger partial charge < -0.3 is 102 Å². The molecule has 0 aliphatic heterocycles. The van der Waals surface area contributed by atoms with E-state index in [2.05, 4.69) is 110 Å². The Labute approximate surface area is 342 Å². The van der Waals surface area contributed by atoms with E-state index in [1.54, 1.807) is 35.3 Å². The number of thioether (sulfide) groups is 3. The fraction of sp³-hybridized carbons (Fsp3) is 0.111. The number of rotatable bonds is 6. The standard InChI is InChI=1S/C27H24S3.2Bi.6BrH/c1-28-25-10-4-19(5-11-25)22-16-23(20-6-12-26(29-2)13-7-20)18-24(17-22)21-8-14-27(30-3)15-9-21;;;;;;;;/h4-18H,1-3H3;;;6*1H/q;2*+3;;;;;;/p-6. The second-order valence-electron chi connectivity index (χ2n) is 6.98. The summed E-state index contributed by atoms with van der Waals surface area (Å²) in [5, 5.41) is 0. The van der Waals surface area contributed by atoms with Crippen molar-refractivity contribution in [3.63, 3.8) is 0 Å². The number of hydrogen-bond acceptors (Lipinski definition) is 3. The van der Waals surface area contributed by atoms with Crippen LogP contribution in [0.15, 0.2) is 106 Å². The van der Waals surface area contributed by atoms with Crippen LogP contribution in [-0.2, 0) is 0 Å². The summed E-state index contributed by atoms with van der Waals surface area (Å²) < 4.78 is 0. The van der Waals surface area contributed by atoms with Gasteiger partial charge in [-0.1, -0.05) is 36.4 Å². The molecule has 0 aromatic heterocycles. The Morgan fingerprint density at radius 2 is 0.500 bits per heavy atom. The van der Waals surface area contributed by atoms with Gasteiger partial charge in [0.25, 0.3) is 0 Å². The maximum atomic E-state index is 2.31. The molecule has 0 bridgehead atoms. The van der Waals surface area contributed by atoms with Gasteiger partial charge >= 0.3 is 52.4 Å². The predicted molar refractivity (Wildman–Crippen MR) is 150 cm³/mol. The molecule has 4 radical (unpaired) electrons. The van der Waals surface area contributed by atoms with E-state index in [1.807, 2.05) is 0 Å². The van der Waals surface area contributed by atoms with Crippen molar-refractivity contribution in [2.75, 3.05) is 18.8 Å². The summed E-state index contributed by atoms with van der Waals surface area (Å²) in [6, 6.07) is 33.5. The molecular formula is C27H24Bi2Br6S3. The minimum absolute atomic E-state index is 0. The SMILES string of the molecule is CSc1ccc(-c2cc(-c3ccc(SC)cc3)cc(-c3ccc(SC)cc3)c2)cc1.[Bi+3].[Bi+3].[Br-].[Br-].[Br-].[Br-].[Br-].[Br-]. The molecule has 4 aromatic rings. The summed E-state index contributed by atoms with van der Waals surface area (Å²) in [4.78, 5) is 3.86. The van der Waals surface area contributed by atoms with E-state index in [-0.39, 0.29) is 154 Å². The van der Waals surface area contributed by atoms with Gasteiger partial charge in [-0.05, 0) is 107 Å². The van der Waals surface area contributed by atoms with Gasteiger partial charge in [0.15, 0.2) is 0 Å². The monoisotopic (exact) mass is 1340 g/mol. The minimum atomic E-state index is 0. The summed E-state index contributed by atoms with van der Waals surface area (Å²) in [5.41, 5.74) is 7.49. The van der Waals surface area contributed by atoms with E-state index >= 15 is 0 Å². The molecular weight excluding hydrogens is 1320 g/mol. The first-order valence-electron chi connectivity index (χ1n) is 9.78. The molecule has 0 amide bonds. The Morgan fingerprint density at radius 1 is 0.316 bits per heavy atom. The second-order valence-corrected chi connectivity index (χ2v) is 9.62. The summed E-state index contributed by atoms with van der Waals surface area (Å²) in [7, 11) is 0. The molecule has 4 rings (SSSR count). The zero-order valence-corrected chi connectivity index (χ0v) is 39.5. The minimum Gasteiger partial charge on any atom is -1.00 e. The van der Waals surface area contributed by atoms with E-state index in [9.17, 15) is 0 Å². The van der Waals surface area contributed by atoms with Crippen molar-refractivity contribution < 1.29 is 102 Å². The molecule has 38 heavy (non-hydrogen) atoms. The Kier molecular flexibility index (Phi) is 34.4. The van der Waals surface area contributed by atoms with Crippen molar-refractivity contribution in [2.45, 2.75) is 14.7 Å². The molecule has 0 spiro atoms. The van der Waals surface area contributed by atoms with Gasteiger partial charge in [-0.25, -0.2) is 0 Å². The van der Waals surface area contributed by atoms with Crippen LogP contribution in [0.2, 0.25) is 0 Å². The van der Waals surface area contributed by atoms with E-state index in [0.717, 1.165) is 0 Å². The van der Waals surface area contributed by atoms with E-state index in [4.69, 9.17) is 0 Å². The molecule has 0 aliphatic rings. The Balaban J connectivity index is -0.000000454. The van der Waals surface area contributed by atoms with Gasteiger partial charge in [0.2, 0.25) is 0 Å². The number of benzene rings is 4. The molecule has 0 unspecified atom stereocenters. The topological polar surface area (TPSA) is 0 Å². The van der Waals surface area contributed by atoms with Crippen molar-refractivity contribution in [3.05, 3.63) is 91.0 Å². The molecule has 4 aromatic carbocycles. The quantitative estimate of drug-likeness (QED) is 0.140. The molecule has 0 saturated carbocycles. The van der Waals surface area contributed by atoms with Gasteiger partial charge in [-0.15, -0.1) is 35.3 Å². The van der Waals surface area contributed by atoms with E-state index in [1.165, 1.54) is 48.1 Å². The van der Waals surface area contributed by atoms with Crippen LogP contribution >= 0.6 is 35.3 Å². The largest absolute Gasteiger partial charge is 3.00 e. The van der Waals surface area contributed by atoms with Gasteiger partial charge in [-0.2, -0.15) is 0 Å². The Morgan fingerprint density at radius 3 is 0.658 bits per heavy atom. The molecule has 0 atom stereocenters. The molecule has 0 saturated heterocycles. The molecule has 202 valence electrons. The molecule has 0 aliphatic carbocycles. The van der Waals surface area contributed by atoms with Crippen molar-refractivity contribution >= 4 is 87.7 Å². The van der Waals surface area contributed by atoms with Gasteiger partial charge in [0.1, 0.15) is 0 Å². The molecule has 0 heterocycles. The smallest absolute Gasteiger partial charge is 1.00 e. The normalized spacial score (nSPS) is 8.61. The van der Waals surface area contributed by atoms with Crippen molar-refractivity contribution in [1.29, 1.82) is 0 Å². The fourth-order valence-corrected chi connectivity index (χ4v) is 4.70. The fourth-order valence-electron chi connectivity index (χ4n) is 3.48. The van der Waals surface area contributed by atoms with Crippen LogP contribution in [0.5, 0.6) is 0 Å². The third-order valence-corrected chi connectivity index (χ3v) is 7.43. The molecule has 0 fully saturated rings. The summed E-state index contributed by atoms with van der Waals surface area (Å²) in [6.07, 6.45) is 6.35. The third kappa shape index (κ3) is 13.9. The summed E-state index contributed by atoms with van der Waals surface area (Å²) in [6.45, 7) is 0. The summed E-state index contributed by atoms with van der Waals surface area (Å²) >= 11 is 5.33. The van der Waals surface area contributed by atoms with E-state index < -0.39 is 0 Å². The zero-order chi connectivity index (χ0) is 20.9. The maximum absolute atomic E-state index is 2.31. The third-order valence-electron chi connectivity index (χ3n) is 5.20. The van der Waals surface area contributed by atoms with Crippen LogP contribution < -0.4 is 102 Å². The molecule has 11 heteroatoms. The number of hydrogen-bond donors (Lipinski definition) is 0. The average molecular weight is 1340 g/mol. The Hall–Kier alpha value is 2.58. The predicted octanol–water partition coefficient (Wildman–Crippen LogP) is -9.88. The van der Waals surface area contributed by atoms with Crippen LogP contribution in [0.25, 0.3) is 33.4 Å². The van der Waals surface area contributed by atoms with Gasteiger partial charge in [0.05, 0.1) is 0 Å². The van der Waals surface area contributed by atoms with E-state index in [0.29, 0.717) is 0 Å². The first kappa shape index (κ1) is 50.2. The van der Waals surface area contributed by atoms with Crippen molar-refractivity contribution in [3.8, 4) is 33.4 Å². The first-order chi connectivity index (χ1) is 14.7. The van der Waals surface area contributed by atoms with Crippen LogP contribution in [0.3, 0.4) is 0 Å².